The highest BCUT2D eigenvalue weighted by molar-refractivity contribution is 7.99. The van der Waals surface area contributed by atoms with Crippen molar-refractivity contribution >= 4 is 35.0 Å². The van der Waals surface area contributed by atoms with Crippen molar-refractivity contribution in [2.75, 3.05) is 38.2 Å². The third-order valence-electron chi connectivity index (χ3n) is 7.07. The summed E-state index contributed by atoms with van der Waals surface area (Å²) in [5.41, 5.74) is 9.00. The van der Waals surface area contributed by atoms with E-state index in [1.54, 1.807) is 35.6 Å². The summed E-state index contributed by atoms with van der Waals surface area (Å²) >= 11 is 7.77. The number of rotatable bonds is 6. The van der Waals surface area contributed by atoms with Crippen molar-refractivity contribution < 1.29 is 14.3 Å². The SMILES string of the molecule is CO[C@H]1CN(CCc2c(C)nc3n(c2=O)CCS3)CC[C@H]1NC(=O)c1ccc(N)c2c1OC(Cl)C2. The fourth-order valence-corrected chi connectivity index (χ4v) is 6.33. The van der Waals surface area contributed by atoms with E-state index < -0.39 is 5.56 Å². The number of anilines is 1. The number of hydrogen-bond donors (Lipinski definition) is 2. The molecule has 0 bridgehead atoms. The molecular weight excluding hydrogens is 490 g/mol. The maximum Gasteiger partial charge on any atom is 0.257 e. The van der Waals surface area contributed by atoms with E-state index in [1.165, 1.54) is 0 Å². The number of nitrogens with one attached hydrogen (secondary N) is 1. The number of carbonyl (C=O) groups excluding carboxylic acids is 1. The van der Waals surface area contributed by atoms with Gasteiger partial charge in [-0.15, -0.1) is 0 Å². The van der Waals surface area contributed by atoms with Gasteiger partial charge in [-0.2, -0.15) is 0 Å². The number of hydrogen-bond acceptors (Lipinski definition) is 8. The van der Waals surface area contributed by atoms with Crippen LogP contribution in [-0.2, 0) is 24.1 Å². The molecule has 4 heterocycles. The van der Waals surface area contributed by atoms with Crippen LogP contribution in [0.5, 0.6) is 5.75 Å². The minimum atomic E-state index is -0.521. The number of fused-ring (bicyclic) bond motifs is 2. The van der Waals surface area contributed by atoms with Gasteiger partial charge < -0.3 is 25.4 Å². The number of likely N-dealkylation sites (tertiary alicyclic amines) is 1. The van der Waals surface area contributed by atoms with Crippen LogP contribution in [0.15, 0.2) is 22.1 Å². The summed E-state index contributed by atoms with van der Waals surface area (Å²) in [5, 5.41) is 3.95. The third-order valence-corrected chi connectivity index (χ3v) is 8.27. The minimum Gasteiger partial charge on any atom is -0.473 e. The van der Waals surface area contributed by atoms with Crippen LogP contribution in [-0.4, -0.2) is 70.6 Å². The Morgan fingerprint density at radius 1 is 1.40 bits per heavy atom. The van der Waals surface area contributed by atoms with Gasteiger partial charge in [0, 0.05) is 68.0 Å². The van der Waals surface area contributed by atoms with Crippen molar-refractivity contribution in [3.63, 3.8) is 0 Å². The smallest absolute Gasteiger partial charge is 0.257 e. The molecule has 0 saturated carbocycles. The number of thioether (sulfide) groups is 1. The zero-order valence-corrected chi connectivity index (χ0v) is 21.5. The Bertz CT molecular complexity index is 1210. The topological polar surface area (TPSA) is 112 Å². The number of carbonyl (C=O) groups is 1. The Morgan fingerprint density at radius 3 is 3.03 bits per heavy atom. The number of alkyl halides is 1. The molecule has 3 atom stereocenters. The highest BCUT2D eigenvalue weighted by atomic mass is 35.5. The lowest BCUT2D eigenvalue weighted by atomic mass is 9.99. The van der Waals surface area contributed by atoms with Gasteiger partial charge in [-0.1, -0.05) is 23.4 Å². The molecule has 0 radical (unpaired) electrons. The Kier molecular flexibility index (Phi) is 6.98. The van der Waals surface area contributed by atoms with Crippen LogP contribution in [0.1, 0.15) is 33.6 Å². The van der Waals surface area contributed by atoms with Gasteiger partial charge >= 0.3 is 0 Å². The number of amides is 1. The number of nitrogen functional groups attached to an aromatic ring is 1. The molecule has 1 saturated heterocycles. The molecule has 1 aromatic heterocycles. The van der Waals surface area contributed by atoms with E-state index in [2.05, 4.69) is 15.2 Å². The molecule has 188 valence electrons. The second-order valence-electron chi connectivity index (χ2n) is 9.20. The lowest BCUT2D eigenvalue weighted by molar-refractivity contribution is 0.00670. The fourth-order valence-electron chi connectivity index (χ4n) is 5.10. The summed E-state index contributed by atoms with van der Waals surface area (Å²) in [6.45, 7) is 4.83. The van der Waals surface area contributed by atoms with E-state index in [0.29, 0.717) is 36.4 Å². The first-order valence-electron chi connectivity index (χ1n) is 11.9. The predicted molar refractivity (Wildman–Crippen MR) is 136 cm³/mol. The number of aromatic nitrogens is 2. The molecule has 35 heavy (non-hydrogen) atoms. The first kappa shape index (κ1) is 24.4. The van der Waals surface area contributed by atoms with Gasteiger partial charge in [0.2, 0.25) is 0 Å². The quantitative estimate of drug-likeness (QED) is 0.337. The maximum absolute atomic E-state index is 13.1. The van der Waals surface area contributed by atoms with Crippen LogP contribution in [0.4, 0.5) is 5.69 Å². The second-order valence-corrected chi connectivity index (χ2v) is 10.7. The van der Waals surface area contributed by atoms with Crippen LogP contribution >= 0.6 is 23.4 Å². The highest BCUT2D eigenvalue weighted by Gasteiger charge is 2.33. The number of nitrogens with zero attached hydrogens (tertiary/aromatic N) is 3. The average Bonchev–Trinajstić information content (AvgIpc) is 3.46. The molecule has 11 heteroatoms. The molecule has 1 amide bonds. The molecule has 5 rings (SSSR count). The Hall–Kier alpha value is -2.27. The van der Waals surface area contributed by atoms with Crippen LogP contribution in [0.3, 0.4) is 0 Å². The van der Waals surface area contributed by atoms with Crippen LogP contribution < -0.4 is 21.3 Å². The van der Waals surface area contributed by atoms with Gasteiger partial charge in [0.1, 0.15) is 5.75 Å². The Labute approximate surface area is 213 Å². The van der Waals surface area contributed by atoms with Crippen molar-refractivity contribution in [2.24, 2.45) is 0 Å². The van der Waals surface area contributed by atoms with Gasteiger partial charge in [-0.3, -0.25) is 14.2 Å². The molecule has 1 aromatic carbocycles. The van der Waals surface area contributed by atoms with Gasteiger partial charge in [-0.25, -0.2) is 4.98 Å². The molecule has 1 unspecified atom stereocenters. The van der Waals surface area contributed by atoms with Gasteiger partial charge in [0.05, 0.1) is 17.7 Å². The second kappa shape index (κ2) is 10.0. The summed E-state index contributed by atoms with van der Waals surface area (Å²) in [6.07, 6.45) is 1.68. The Morgan fingerprint density at radius 2 is 2.23 bits per heavy atom. The van der Waals surface area contributed by atoms with E-state index in [0.717, 1.165) is 53.8 Å². The number of methoxy groups -OCH3 is 1. The number of nitrogens with two attached hydrogens (primary N) is 1. The first-order valence-corrected chi connectivity index (χ1v) is 13.3. The third kappa shape index (κ3) is 4.76. The van der Waals surface area contributed by atoms with Crippen LogP contribution in [0.2, 0.25) is 0 Å². The number of piperidine rings is 1. The Balaban J connectivity index is 1.22. The maximum atomic E-state index is 13.1. The van der Waals surface area contributed by atoms with E-state index in [4.69, 9.17) is 26.8 Å². The van der Waals surface area contributed by atoms with Gasteiger partial charge in [-0.05, 0) is 31.9 Å². The summed E-state index contributed by atoms with van der Waals surface area (Å²) in [4.78, 5) is 32.9. The first-order chi connectivity index (χ1) is 16.9. The van der Waals surface area contributed by atoms with Crippen molar-refractivity contribution in [1.82, 2.24) is 19.8 Å². The van der Waals surface area contributed by atoms with Gasteiger partial charge in [0.25, 0.3) is 11.5 Å². The van der Waals surface area contributed by atoms with Crippen molar-refractivity contribution in [1.29, 1.82) is 0 Å². The highest BCUT2D eigenvalue weighted by Crippen LogP contribution is 2.37. The van der Waals surface area contributed by atoms with Crippen molar-refractivity contribution in [2.45, 2.75) is 55.6 Å². The molecule has 3 N–H and O–H groups in total. The van der Waals surface area contributed by atoms with E-state index in [1.807, 2.05) is 6.92 Å². The molecular formula is C24H30ClN5O4S. The monoisotopic (exact) mass is 519 g/mol. The van der Waals surface area contributed by atoms with E-state index in [-0.39, 0.29) is 23.6 Å². The van der Waals surface area contributed by atoms with E-state index in [9.17, 15) is 9.59 Å². The molecule has 1 fully saturated rings. The van der Waals surface area contributed by atoms with Crippen molar-refractivity contribution in [3.05, 3.63) is 44.9 Å². The molecule has 3 aliphatic rings. The van der Waals surface area contributed by atoms with Crippen LogP contribution in [0, 0.1) is 6.92 Å². The van der Waals surface area contributed by atoms with Gasteiger partial charge in [0.15, 0.2) is 10.7 Å². The van der Waals surface area contributed by atoms with Crippen molar-refractivity contribution in [3.8, 4) is 5.75 Å². The zero-order valence-electron chi connectivity index (χ0n) is 19.9. The summed E-state index contributed by atoms with van der Waals surface area (Å²) < 4.78 is 13.2. The fraction of sp³-hybridized carbons (Fsp3) is 0.542. The lowest BCUT2D eigenvalue weighted by Crippen LogP contribution is -2.55. The zero-order chi connectivity index (χ0) is 24.7. The molecule has 2 aromatic rings. The summed E-state index contributed by atoms with van der Waals surface area (Å²) in [5.74, 6) is 1.15. The summed E-state index contributed by atoms with van der Waals surface area (Å²) in [7, 11) is 1.66. The predicted octanol–water partition coefficient (Wildman–Crippen LogP) is 1.80. The number of ether oxygens (including phenoxy) is 2. The molecule has 0 spiro atoms. The number of aryl methyl sites for hydroxylation is 1. The summed E-state index contributed by atoms with van der Waals surface area (Å²) in [6, 6.07) is 3.26. The van der Waals surface area contributed by atoms with E-state index >= 15 is 0 Å². The number of halogens is 1. The normalized spacial score (nSPS) is 23.6. The number of benzene rings is 1. The average molecular weight is 520 g/mol. The standard InChI is InChI=1S/C24H30ClN5O4S/c1-13-14(23(32)30-9-10-35-24(30)27-13)5-7-29-8-6-18(19(12-29)33-2)28-22(31)15-3-4-17(26)16-11-20(25)34-21(15)16/h3-4,18-20H,5-12,26H2,1-2H3,(H,28,31)/t18-,19+,20?/m1/s1. The molecule has 3 aliphatic heterocycles. The molecule has 0 aliphatic carbocycles. The molecule has 9 nitrogen and oxygen atoms in total. The lowest BCUT2D eigenvalue weighted by Gasteiger charge is -2.38. The largest absolute Gasteiger partial charge is 0.473 e. The van der Waals surface area contributed by atoms with Crippen LogP contribution in [0.25, 0.3) is 0 Å². The minimum absolute atomic E-state index is 0.0837.